The first-order valence-corrected chi connectivity index (χ1v) is 12.3. The molecule has 1 amide bonds. The quantitative estimate of drug-likeness (QED) is 0.512. The molecule has 1 fully saturated rings. The molecule has 1 aromatic heterocycles. The van der Waals surface area contributed by atoms with E-state index in [4.69, 9.17) is 38.2 Å². The Labute approximate surface area is 200 Å². The highest BCUT2D eigenvalue weighted by atomic mass is 35.5. The second-order valence-electron chi connectivity index (χ2n) is 7.43. The first-order chi connectivity index (χ1) is 15.8. The molecule has 174 valence electrons. The van der Waals surface area contributed by atoms with Crippen molar-refractivity contribution in [2.45, 2.75) is 24.2 Å². The Hall–Kier alpha value is -2.66. The second kappa shape index (κ2) is 9.68. The SMILES string of the molecule is NC(=O)COc1ccc(-c2noc(-c3cc(S(=O)(=O)N4CCCCC4)c(Cl)cc3Cl)n2)cc1. The monoisotopic (exact) mass is 510 g/mol. The molecule has 0 saturated carbocycles. The molecule has 0 unspecified atom stereocenters. The third-order valence-electron chi connectivity index (χ3n) is 5.10. The van der Waals surface area contributed by atoms with Crippen LogP contribution >= 0.6 is 23.2 Å². The summed E-state index contributed by atoms with van der Waals surface area (Å²) in [4.78, 5) is 15.1. The van der Waals surface area contributed by atoms with Crippen molar-refractivity contribution in [3.8, 4) is 28.6 Å². The van der Waals surface area contributed by atoms with Crippen LogP contribution in [0.1, 0.15) is 19.3 Å². The van der Waals surface area contributed by atoms with Crippen LogP contribution in [0.15, 0.2) is 45.8 Å². The van der Waals surface area contributed by atoms with Crippen LogP contribution in [0, 0.1) is 0 Å². The fourth-order valence-electron chi connectivity index (χ4n) is 3.44. The highest BCUT2D eigenvalue weighted by molar-refractivity contribution is 7.89. The molecule has 3 aromatic rings. The van der Waals surface area contributed by atoms with E-state index in [1.807, 2.05) is 0 Å². The van der Waals surface area contributed by atoms with Gasteiger partial charge in [0.25, 0.3) is 11.8 Å². The van der Waals surface area contributed by atoms with Crippen LogP contribution < -0.4 is 10.5 Å². The lowest BCUT2D eigenvalue weighted by molar-refractivity contribution is -0.119. The highest BCUT2D eigenvalue weighted by Crippen LogP contribution is 2.36. The number of nitrogens with zero attached hydrogens (tertiary/aromatic N) is 3. The Morgan fingerprint density at radius 3 is 2.45 bits per heavy atom. The molecule has 33 heavy (non-hydrogen) atoms. The molecule has 0 radical (unpaired) electrons. The number of amides is 1. The molecule has 0 bridgehead atoms. The van der Waals surface area contributed by atoms with Gasteiger partial charge in [-0.3, -0.25) is 4.79 Å². The van der Waals surface area contributed by atoms with Gasteiger partial charge < -0.3 is 15.0 Å². The topological polar surface area (TPSA) is 129 Å². The van der Waals surface area contributed by atoms with Crippen LogP contribution in [0.5, 0.6) is 5.75 Å². The van der Waals surface area contributed by atoms with Gasteiger partial charge in [-0.05, 0) is 49.2 Å². The number of benzene rings is 2. The number of primary amides is 1. The summed E-state index contributed by atoms with van der Waals surface area (Å²) in [5.74, 6) is 0.187. The van der Waals surface area contributed by atoms with Gasteiger partial charge in [-0.25, -0.2) is 8.42 Å². The van der Waals surface area contributed by atoms with Crippen molar-refractivity contribution >= 4 is 39.1 Å². The molecule has 2 heterocycles. The number of hydrogen-bond donors (Lipinski definition) is 1. The molecular formula is C21H20Cl2N4O5S. The van der Waals surface area contributed by atoms with Crippen molar-refractivity contribution in [3.05, 3.63) is 46.4 Å². The predicted molar refractivity (Wildman–Crippen MR) is 122 cm³/mol. The molecule has 0 aliphatic carbocycles. The average Bonchev–Trinajstić information content (AvgIpc) is 3.28. The zero-order valence-electron chi connectivity index (χ0n) is 17.3. The molecule has 0 spiro atoms. The van der Waals surface area contributed by atoms with Crippen molar-refractivity contribution in [2.75, 3.05) is 19.7 Å². The van der Waals surface area contributed by atoms with Crippen molar-refractivity contribution in [3.63, 3.8) is 0 Å². The van der Waals surface area contributed by atoms with Gasteiger partial charge >= 0.3 is 0 Å². The lowest BCUT2D eigenvalue weighted by Crippen LogP contribution is -2.35. The molecular weight excluding hydrogens is 491 g/mol. The largest absolute Gasteiger partial charge is 0.484 e. The Kier molecular flexibility index (Phi) is 6.89. The number of rotatable bonds is 7. The van der Waals surface area contributed by atoms with Gasteiger partial charge in [-0.15, -0.1) is 0 Å². The van der Waals surface area contributed by atoms with Crippen LogP contribution in [-0.4, -0.2) is 48.5 Å². The van der Waals surface area contributed by atoms with Crippen LogP contribution in [0.25, 0.3) is 22.8 Å². The summed E-state index contributed by atoms with van der Waals surface area (Å²) in [6, 6.07) is 9.36. The number of nitrogens with two attached hydrogens (primary N) is 1. The number of ether oxygens (including phenoxy) is 1. The minimum absolute atomic E-state index is 0.0283. The smallest absolute Gasteiger partial charge is 0.259 e. The van der Waals surface area contributed by atoms with Gasteiger partial charge in [0.15, 0.2) is 6.61 Å². The van der Waals surface area contributed by atoms with E-state index in [1.54, 1.807) is 24.3 Å². The van der Waals surface area contributed by atoms with E-state index in [0.29, 0.717) is 24.4 Å². The lowest BCUT2D eigenvalue weighted by atomic mass is 10.2. The molecule has 1 aliphatic heterocycles. The summed E-state index contributed by atoms with van der Waals surface area (Å²) >= 11 is 12.6. The summed E-state index contributed by atoms with van der Waals surface area (Å²) in [5.41, 5.74) is 5.94. The summed E-state index contributed by atoms with van der Waals surface area (Å²) < 4.78 is 38.3. The van der Waals surface area contributed by atoms with Gasteiger partial charge in [0.2, 0.25) is 15.8 Å². The predicted octanol–water partition coefficient (Wildman–Crippen LogP) is 3.75. The second-order valence-corrected chi connectivity index (χ2v) is 10.2. The number of hydrogen-bond acceptors (Lipinski definition) is 7. The minimum atomic E-state index is -3.80. The van der Waals surface area contributed by atoms with Crippen molar-refractivity contribution in [1.29, 1.82) is 0 Å². The first kappa shape index (κ1) is 23.5. The van der Waals surface area contributed by atoms with E-state index in [0.717, 1.165) is 19.3 Å². The Balaban J connectivity index is 1.63. The Bertz CT molecular complexity index is 1270. The number of carbonyl (C=O) groups excluding carboxylic acids is 1. The van der Waals surface area contributed by atoms with E-state index >= 15 is 0 Å². The summed E-state index contributed by atoms with van der Waals surface area (Å²) in [6.07, 6.45) is 2.60. The van der Waals surface area contributed by atoms with Gasteiger partial charge in [0.05, 0.1) is 15.6 Å². The van der Waals surface area contributed by atoms with E-state index in [1.165, 1.54) is 16.4 Å². The van der Waals surface area contributed by atoms with Crippen molar-refractivity contribution in [2.24, 2.45) is 5.73 Å². The summed E-state index contributed by atoms with van der Waals surface area (Å²) in [5, 5.41) is 4.17. The number of piperidine rings is 1. The van der Waals surface area contributed by atoms with Gasteiger partial charge in [-0.1, -0.05) is 34.8 Å². The molecule has 4 rings (SSSR count). The van der Waals surface area contributed by atoms with Crippen LogP contribution in [0.2, 0.25) is 10.0 Å². The summed E-state index contributed by atoms with van der Waals surface area (Å²) in [6.45, 7) is 0.657. The molecule has 2 N–H and O–H groups in total. The zero-order chi connectivity index (χ0) is 23.6. The average molecular weight is 511 g/mol. The Morgan fingerprint density at radius 1 is 1.09 bits per heavy atom. The maximum atomic E-state index is 13.1. The first-order valence-electron chi connectivity index (χ1n) is 10.1. The van der Waals surface area contributed by atoms with Gasteiger partial charge in [0, 0.05) is 18.7 Å². The van der Waals surface area contributed by atoms with E-state index in [2.05, 4.69) is 10.1 Å². The minimum Gasteiger partial charge on any atom is -0.484 e. The Morgan fingerprint density at radius 2 is 1.79 bits per heavy atom. The standard InChI is InChI=1S/C21H20Cl2N4O5S/c22-16-11-17(23)18(33(29,30)27-8-2-1-3-9-27)10-15(16)21-25-20(26-32-21)13-4-6-14(7-5-13)31-12-19(24)28/h4-7,10-11H,1-3,8-9,12H2,(H2,24,28). The maximum absolute atomic E-state index is 13.1. The van der Waals surface area contributed by atoms with E-state index < -0.39 is 15.9 Å². The third-order valence-corrected chi connectivity index (χ3v) is 7.78. The fourth-order valence-corrected chi connectivity index (χ4v) is 5.79. The van der Waals surface area contributed by atoms with Crippen LogP contribution in [0.3, 0.4) is 0 Å². The van der Waals surface area contributed by atoms with Gasteiger partial charge in [-0.2, -0.15) is 9.29 Å². The number of halogens is 2. The molecule has 1 saturated heterocycles. The van der Waals surface area contributed by atoms with E-state index in [9.17, 15) is 13.2 Å². The van der Waals surface area contributed by atoms with Crippen LogP contribution in [-0.2, 0) is 14.8 Å². The van der Waals surface area contributed by atoms with Crippen molar-refractivity contribution < 1.29 is 22.5 Å². The van der Waals surface area contributed by atoms with Gasteiger partial charge in [0.1, 0.15) is 10.6 Å². The normalized spacial score (nSPS) is 14.8. The molecule has 9 nitrogen and oxygen atoms in total. The lowest BCUT2D eigenvalue weighted by Gasteiger charge is -2.26. The highest BCUT2D eigenvalue weighted by Gasteiger charge is 2.30. The third kappa shape index (κ3) is 5.14. The maximum Gasteiger partial charge on any atom is 0.259 e. The van der Waals surface area contributed by atoms with E-state index in [-0.39, 0.29) is 38.8 Å². The zero-order valence-corrected chi connectivity index (χ0v) is 19.7. The molecule has 1 aliphatic rings. The molecule has 12 heteroatoms. The number of sulfonamides is 1. The van der Waals surface area contributed by atoms with Crippen LogP contribution in [0.4, 0.5) is 0 Å². The number of aromatic nitrogens is 2. The van der Waals surface area contributed by atoms with Crippen molar-refractivity contribution in [1.82, 2.24) is 14.4 Å². The summed E-state index contributed by atoms with van der Waals surface area (Å²) in [7, 11) is -3.80. The molecule has 2 aromatic carbocycles. The molecule has 0 atom stereocenters. The number of carbonyl (C=O) groups is 1. The fraction of sp³-hybridized carbons (Fsp3) is 0.286.